The highest BCUT2D eigenvalue weighted by atomic mass is 32.1. The van der Waals surface area contributed by atoms with E-state index in [-0.39, 0.29) is 6.04 Å². The summed E-state index contributed by atoms with van der Waals surface area (Å²) >= 11 is 5.09. The fraction of sp³-hybridized carbons (Fsp3) is 0.846. The number of carbonyl (C=O) groups excluding carboxylic acids is 1. The molecule has 0 spiro atoms. The Kier molecular flexibility index (Phi) is 6.57. The number of hydrogen-bond donors (Lipinski definition) is 1. The maximum absolute atomic E-state index is 11.9. The zero-order chi connectivity index (χ0) is 13.5. The predicted octanol–water partition coefficient (Wildman–Crippen LogP) is 1.39. The summed E-state index contributed by atoms with van der Waals surface area (Å²) < 4.78 is 0. The summed E-state index contributed by atoms with van der Waals surface area (Å²) in [5.74, 6) is 0.292. The summed E-state index contributed by atoms with van der Waals surface area (Å²) in [6.45, 7) is 7.59. The van der Waals surface area contributed by atoms with Crippen LogP contribution in [0.25, 0.3) is 0 Å². The number of nitrogens with two attached hydrogens (primary N) is 1. The first-order valence-corrected chi connectivity index (χ1v) is 7.32. The summed E-state index contributed by atoms with van der Waals surface area (Å²) in [4.78, 5) is 16.7. The molecule has 4 nitrogen and oxygen atoms in total. The van der Waals surface area contributed by atoms with Crippen molar-refractivity contribution in [1.82, 2.24) is 9.80 Å². The van der Waals surface area contributed by atoms with Crippen LogP contribution in [-0.4, -0.2) is 52.9 Å². The highest BCUT2D eigenvalue weighted by Crippen LogP contribution is 2.11. The summed E-state index contributed by atoms with van der Waals surface area (Å²) in [5.41, 5.74) is 5.75. The molecule has 1 rings (SSSR count). The molecule has 0 radical (unpaired) electrons. The van der Waals surface area contributed by atoms with Crippen LogP contribution in [0.15, 0.2) is 0 Å². The van der Waals surface area contributed by atoms with Gasteiger partial charge in [0.25, 0.3) is 0 Å². The van der Waals surface area contributed by atoms with E-state index < -0.39 is 0 Å². The number of thiocarbonyl (C=S) groups is 1. The molecule has 0 aromatic rings. The fourth-order valence-corrected chi connectivity index (χ4v) is 2.72. The van der Waals surface area contributed by atoms with Crippen LogP contribution < -0.4 is 5.73 Å². The molecule has 104 valence electrons. The Labute approximate surface area is 115 Å². The SMILES string of the molecule is CCCCC(=O)N1CCN(C(CC)C(N)=S)CC1. The lowest BCUT2D eigenvalue weighted by molar-refractivity contribution is -0.133. The van der Waals surface area contributed by atoms with Crippen LogP contribution in [0, 0.1) is 0 Å². The monoisotopic (exact) mass is 271 g/mol. The van der Waals surface area contributed by atoms with Crippen LogP contribution in [0.1, 0.15) is 39.5 Å². The first kappa shape index (κ1) is 15.4. The maximum atomic E-state index is 11.9. The largest absolute Gasteiger partial charge is 0.392 e. The van der Waals surface area contributed by atoms with Gasteiger partial charge in [-0.15, -0.1) is 0 Å². The van der Waals surface area contributed by atoms with E-state index in [9.17, 15) is 4.79 Å². The molecular formula is C13H25N3OS. The maximum Gasteiger partial charge on any atom is 0.222 e. The molecule has 2 N–H and O–H groups in total. The molecule has 5 heteroatoms. The summed E-state index contributed by atoms with van der Waals surface area (Å²) in [7, 11) is 0. The van der Waals surface area contributed by atoms with Gasteiger partial charge in [-0.2, -0.15) is 0 Å². The van der Waals surface area contributed by atoms with Crippen molar-refractivity contribution in [3.05, 3.63) is 0 Å². The molecule has 0 aliphatic carbocycles. The number of piperazine rings is 1. The minimum atomic E-state index is 0.188. The number of carbonyl (C=O) groups is 1. The van der Waals surface area contributed by atoms with Crippen LogP contribution >= 0.6 is 12.2 Å². The van der Waals surface area contributed by atoms with E-state index in [1.54, 1.807) is 0 Å². The van der Waals surface area contributed by atoms with E-state index in [0.717, 1.165) is 45.4 Å². The normalized spacial score (nSPS) is 18.7. The van der Waals surface area contributed by atoms with Crippen LogP contribution in [-0.2, 0) is 4.79 Å². The molecule has 1 heterocycles. The molecule has 1 aliphatic heterocycles. The van der Waals surface area contributed by atoms with E-state index in [1.807, 2.05) is 4.90 Å². The van der Waals surface area contributed by atoms with E-state index in [1.165, 1.54) is 0 Å². The predicted molar refractivity (Wildman–Crippen MR) is 78.5 cm³/mol. The van der Waals surface area contributed by atoms with E-state index in [0.29, 0.717) is 17.3 Å². The molecule has 1 unspecified atom stereocenters. The van der Waals surface area contributed by atoms with Crippen molar-refractivity contribution in [1.29, 1.82) is 0 Å². The minimum absolute atomic E-state index is 0.188. The topological polar surface area (TPSA) is 49.6 Å². The second kappa shape index (κ2) is 7.69. The lowest BCUT2D eigenvalue weighted by Gasteiger charge is -2.38. The molecule has 1 aliphatic rings. The van der Waals surface area contributed by atoms with Crippen molar-refractivity contribution in [2.45, 2.75) is 45.6 Å². The zero-order valence-electron chi connectivity index (χ0n) is 11.5. The molecule has 18 heavy (non-hydrogen) atoms. The third kappa shape index (κ3) is 4.21. The van der Waals surface area contributed by atoms with E-state index >= 15 is 0 Å². The highest BCUT2D eigenvalue weighted by molar-refractivity contribution is 7.80. The van der Waals surface area contributed by atoms with Gasteiger partial charge in [-0.05, 0) is 12.8 Å². The van der Waals surface area contributed by atoms with Crippen LogP contribution in [0.3, 0.4) is 0 Å². The quantitative estimate of drug-likeness (QED) is 0.742. The number of amides is 1. The second-order valence-electron chi connectivity index (χ2n) is 4.85. The number of rotatable bonds is 6. The molecular weight excluding hydrogens is 246 g/mol. The van der Waals surface area contributed by atoms with Gasteiger partial charge in [0.05, 0.1) is 11.0 Å². The van der Waals surface area contributed by atoms with Crippen molar-refractivity contribution in [2.24, 2.45) is 5.73 Å². The van der Waals surface area contributed by atoms with E-state index in [2.05, 4.69) is 18.7 Å². The van der Waals surface area contributed by atoms with Gasteiger partial charge in [0.2, 0.25) is 5.91 Å². The standard InChI is InChI=1S/C13H25N3OS/c1-3-5-6-12(17)16-9-7-15(8-10-16)11(4-2)13(14)18/h11H,3-10H2,1-2H3,(H2,14,18). The number of nitrogens with zero attached hydrogens (tertiary/aromatic N) is 2. The highest BCUT2D eigenvalue weighted by Gasteiger charge is 2.26. The first-order valence-electron chi connectivity index (χ1n) is 6.91. The Morgan fingerprint density at radius 3 is 2.33 bits per heavy atom. The van der Waals surface area contributed by atoms with Gasteiger partial charge >= 0.3 is 0 Å². The van der Waals surface area contributed by atoms with Gasteiger partial charge in [-0.1, -0.05) is 32.5 Å². The second-order valence-corrected chi connectivity index (χ2v) is 5.32. The molecule has 1 atom stereocenters. The summed E-state index contributed by atoms with van der Waals surface area (Å²) in [6.07, 6.45) is 3.69. The summed E-state index contributed by atoms with van der Waals surface area (Å²) in [5, 5.41) is 0. The van der Waals surface area contributed by atoms with Crippen molar-refractivity contribution in [2.75, 3.05) is 26.2 Å². The van der Waals surface area contributed by atoms with Crippen LogP contribution in [0.4, 0.5) is 0 Å². The third-order valence-electron chi connectivity index (χ3n) is 3.57. The van der Waals surface area contributed by atoms with Crippen molar-refractivity contribution >= 4 is 23.1 Å². The van der Waals surface area contributed by atoms with Gasteiger partial charge in [0.15, 0.2) is 0 Å². The molecule has 1 fully saturated rings. The smallest absolute Gasteiger partial charge is 0.222 e. The van der Waals surface area contributed by atoms with Gasteiger partial charge in [0, 0.05) is 32.6 Å². The van der Waals surface area contributed by atoms with Gasteiger partial charge in [0.1, 0.15) is 0 Å². The van der Waals surface area contributed by atoms with Crippen molar-refractivity contribution < 1.29 is 4.79 Å². The van der Waals surface area contributed by atoms with E-state index in [4.69, 9.17) is 18.0 Å². The Morgan fingerprint density at radius 1 is 1.28 bits per heavy atom. The lowest BCUT2D eigenvalue weighted by Crippen LogP contribution is -2.54. The Hall–Kier alpha value is -0.680. The van der Waals surface area contributed by atoms with Gasteiger partial charge < -0.3 is 10.6 Å². The molecule has 1 amide bonds. The van der Waals surface area contributed by atoms with Gasteiger partial charge in [-0.3, -0.25) is 9.69 Å². The average Bonchev–Trinajstić information content (AvgIpc) is 2.37. The Bertz CT molecular complexity index is 288. The minimum Gasteiger partial charge on any atom is -0.392 e. The summed E-state index contributed by atoms with van der Waals surface area (Å²) in [6, 6.07) is 0.188. The van der Waals surface area contributed by atoms with Crippen molar-refractivity contribution in [3.63, 3.8) is 0 Å². The Morgan fingerprint density at radius 2 is 1.89 bits per heavy atom. The number of unbranched alkanes of at least 4 members (excludes halogenated alkanes) is 1. The molecule has 0 aromatic carbocycles. The first-order chi connectivity index (χ1) is 8.60. The zero-order valence-corrected chi connectivity index (χ0v) is 12.3. The molecule has 0 saturated carbocycles. The lowest BCUT2D eigenvalue weighted by atomic mass is 10.1. The average molecular weight is 271 g/mol. The molecule has 0 bridgehead atoms. The fourth-order valence-electron chi connectivity index (χ4n) is 2.41. The van der Waals surface area contributed by atoms with Crippen molar-refractivity contribution in [3.8, 4) is 0 Å². The van der Waals surface area contributed by atoms with Crippen LogP contribution in [0.2, 0.25) is 0 Å². The number of hydrogen-bond acceptors (Lipinski definition) is 3. The molecule has 1 saturated heterocycles. The Balaban J connectivity index is 2.40. The van der Waals surface area contributed by atoms with Gasteiger partial charge in [-0.25, -0.2) is 0 Å². The third-order valence-corrected chi connectivity index (χ3v) is 3.84. The van der Waals surface area contributed by atoms with Crippen LogP contribution in [0.5, 0.6) is 0 Å². The molecule has 0 aromatic heterocycles.